The Kier molecular flexibility index (Phi) is 1.90. The summed E-state index contributed by atoms with van der Waals surface area (Å²) in [4.78, 5) is 5.04. The second-order valence-electron chi connectivity index (χ2n) is 4.32. The number of hydrogen-bond acceptors (Lipinski definition) is 0. The standard InChI is InChI=1S/C10H14Se2/c1-9(2)7-5-12-10(3,4)8(7)6-11-9/h5-6H,1-4H3. The van der Waals surface area contributed by atoms with Gasteiger partial charge in [0.1, 0.15) is 0 Å². The molecule has 0 nitrogen and oxygen atoms in total. The molecule has 2 rings (SSSR count). The minimum absolute atomic E-state index is 0.498. The second kappa shape index (κ2) is 2.51. The molecule has 0 saturated heterocycles. The summed E-state index contributed by atoms with van der Waals surface area (Å²) in [5, 5.41) is 0. The van der Waals surface area contributed by atoms with E-state index in [9.17, 15) is 0 Å². The molecule has 0 unspecified atom stereocenters. The Morgan fingerprint density at radius 2 is 1.17 bits per heavy atom. The van der Waals surface area contributed by atoms with Gasteiger partial charge in [0.05, 0.1) is 0 Å². The van der Waals surface area contributed by atoms with E-state index in [0.717, 1.165) is 0 Å². The minimum atomic E-state index is 0.498. The predicted molar refractivity (Wildman–Crippen MR) is 55.8 cm³/mol. The molecule has 2 aliphatic rings. The fourth-order valence-corrected chi connectivity index (χ4v) is 7.10. The van der Waals surface area contributed by atoms with Crippen molar-refractivity contribution in [2.75, 3.05) is 0 Å². The van der Waals surface area contributed by atoms with E-state index in [1.807, 2.05) is 0 Å². The van der Waals surface area contributed by atoms with Crippen molar-refractivity contribution < 1.29 is 0 Å². The molecule has 2 aliphatic heterocycles. The summed E-state index contributed by atoms with van der Waals surface area (Å²) in [5.41, 5.74) is 3.35. The molecule has 0 fully saturated rings. The maximum atomic E-state index is 2.52. The molecule has 0 saturated carbocycles. The van der Waals surface area contributed by atoms with Crippen LogP contribution in [0.15, 0.2) is 21.1 Å². The predicted octanol–water partition coefficient (Wildman–Crippen LogP) is 2.59. The normalized spacial score (nSPS) is 29.7. The molecule has 0 aliphatic carbocycles. The Morgan fingerprint density at radius 1 is 0.833 bits per heavy atom. The molecule has 0 bridgehead atoms. The Morgan fingerprint density at radius 3 is 1.50 bits per heavy atom. The van der Waals surface area contributed by atoms with Gasteiger partial charge >= 0.3 is 87.3 Å². The van der Waals surface area contributed by atoms with E-state index in [1.165, 1.54) is 0 Å². The van der Waals surface area contributed by atoms with Gasteiger partial charge in [0.15, 0.2) is 0 Å². The van der Waals surface area contributed by atoms with Crippen molar-refractivity contribution in [1.29, 1.82) is 0 Å². The van der Waals surface area contributed by atoms with Crippen LogP contribution in [0.25, 0.3) is 0 Å². The first-order chi connectivity index (χ1) is 5.43. The zero-order valence-corrected chi connectivity index (χ0v) is 11.4. The molecule has 0 N–H and O–H groups in total. The van der Waals surface area contributed by atoms with Gasteiger partial charge < -0.3 is 0 Å². The van der Waals surface area contributed by atoms with E-state index < -0.39 is 0 Å². The van der Waals surface area contributed by atoms with E-state index in [-0.39, 0.29) is 0 Å². The molecule has 0 radical (unpaired) electrons. The topological polar surface area (TPSA) is 0 Å². The number of rotatable bonds is 0. The van der Waals surface area contributed by atoms with E-state index in [1.54, 1.807) is 11.1 Å². The summed E-state index contributed by atoms with van der Waals surface area (Å²) >= 11 is 1.39. The van der Waals surface area contributed by atoms with Crippen LogP contribution in [0.4, 0.5) is 0 Å². The Hall–Kier alpha value is 0.519. The first kappa shape index (κ1) is 9.09. The van der Waals surface area contributed by atoms with Crippen LogP contribution < -0.4 is 0 Å². The molecule has 0 aromatic heterocycles. The Labute approximate surface area is 87.2 Å². The quantitative estimate of drug-likeness (QED) is 0.602. The van der Waals surface area contributed by atoms with Crippen molar-refractivity contribution in [2.45, 2.75) is 36.3 Å². The molecule has 12 heavy (non-hydrogen) atoms. The summed E-state index contributed by atoms with van der Waals surface area (Å²) in [5.74, 6) is 0. The van der Waals surface area contributed by atoms with Crippen LogP contribution in [0.3, 0.4) is 0 Å². The first-order valence-corrected chi connectivity index (χ1v) is 7.90. The van der Waals surface area contributed by atoms with Crippen molar-refractivity contribution in [3.63, 3.8) is 0 Å². The third-order valence-corrected chi connectivity index (χ3v) is 7.41. The molecule has 0 aromatic carbocycles. The van der Waals surface area contributed by atoms with Crippen molar-refractivity contribution >= 4 is 29.9 Å². The third-order valence-electron chi connectivity index (χ3n) is 2.53. The van der Waals surface area contributed by atoms with Crippen LogP contribution in [-0.2, 0) is 0 Å². The summed E-state index contributed by atoms with van der Waals surface area (Å²) in [6.45, 7) is 9.55. The van der Waals surface area contributed by atoms with Crippen LogP contribution >= 0.6 is 0 Å². The van der Waals surface area contributed by atoms with Crippen molar-refractivity contribution in [3.05, 3.63) is 21.1 Å². The molecule has 0 spiro atoms. The average Bonchev–Trinajstić information content (AvgIpc) is 2.36. The summed E-state index contributed by atoms with van der Waals surface area (Å²) in [6.07, 6.45) is 0. The number of fused-ring (bicyclic) bond motifs is 1. The molecule has 0 amide bonds. The summed E-state index contributed by atoms with van der Waals surface area (Å²) in [7, 11) is 0. The van der Waals surface area contributed by atoms with Crippen molar-refractivity contribution in [2.24, 2.45) is 0 Å². The van der Waals surface area contributed by atoms with Gasteiger partial charge in [-0.1, -0.05) is 0 Å². The van der Waals surface area contributed by atoms with Gasteiger partial charge in [0.25, 0.3) is 0 Å². The second-order valence-corrected chi connectivity index (χ2v) is 10.6. The SMILES string of the molecule is CC1(C)[Se]C=C2C1=C[Se]C2(C)C. The van der Waals surface area contributed by atoms with Gasteiger partial charge in [-0.25, -0.2) is 0 Å². The maximum absolute atomic E-state index is 2.52. The zero-order valence-electron chi connectivity index (χ0n) is 7.97. The van der Waals surface area contributed by atoms with Crippen LogP contribution in [0.5, 0.6) is 0 Å². The van der Waals surface area contributed by atoms with Crippen LogP contribution in [-0.4, -0.2) is 29.9 Å². The molecule has 0 atom stereocenters. The van der Waals surface area contributed by atoms with Crippen LogP contribution in [0.1, 0.15) is 27.7 Å². The van der Waals surface area contributed by atoms with Gasteiger partial charge in [0.2, 0.25) is 0 Å². The molecular formula is C10H14Se2. The van der Waals surface area contributed by atoms with E-state index in [2.05, 4.69) is 37.6 Å². The van der Waals surface area contributed by atoms with E-state index in [0.29, 0.717) is 38.5 Å². The number of hydrogen-bond donors (Lipinski definition) is 0. The third kappa shape index (κ3) is 1.17. The van der Waals surface area contributed by atoms with E-state index >= 15 is 0 Å². The summed E-state index contributed by atoms with van der Waals surface area (Å²) < 4.78 is 0.996. The van der Waals surface area contributed by atoms with Crippen LogP contribution in [0, 0.1) is 0 Å². The number of allylic oxidation sites excluding steroid dienone is 2. The van der Waals surface area contributed by atoms with E-state index in [4.69, 9.17) is 0 Å². The van der Waals surface area contributed by atoms with Gasteiger partial charge in [-0.3, -0.25) is 0 Å². The Balaban J connectivity index is 2.41. The van der Waals surface area contributed by atoms with Gasteiger partial charge in [-0.2, -0.15) is 0 Å². The molecular weight excluding hydrogens is 278 g/mol. The van der Waals surface area contributed by atoms with Crippen molar-refractivity contribution in [3.8, 4) is 0 Å². The van der Waals surface area contributed by atoms with Crippen molar-refractivity contribution in [1.82, 2.24) is 0 Å². The molecule has 2 heteroatoms. The van der Waals surface area contributed by atoms with Crippen LogP contribution in [0.2, 0.25) is 8.63 Å². The Bertz CT molecular complexity index is 252. The fourth-order valence-electron chi connectivity index (χ4n) is 1.60. The molecule has 0 aromatic rings. The van der Waals surface area contributed by atoms with Gasteiger partial charge in [-0.05, 0) is 0 Å². The van der Waals surface area contributed by atoms with Gasteiger partial charge in [0, 0.05) is 0 Å². The summed E-state index contributed by atoms with van der Waals surface area (Å²) in [6, 6.07) is 0. The van der Waals surface area contributed by atoms with Gasteiger partial charge in [-0.15, -0.1) is 0 Å². The zero-order chi connectivity index (χ0) is 8.98. The average molecular weight is 292 g/mol. The molecule has 66 valence electrons. The fraction of sp³-hybridized carbons (Fsp3) is 0.600. The first-order valence-electron chi connectivity index (χ1n) is 4.21. The monoisotopic (exact) mass is 294 g/mol. The molecule has 2 heterocycles.